The van der Waals surface area contributed by atoms with E-state index in [1.165, 1.54) is 12.8 Å². The fourth-order valence-corrected chi connectivity index (χ4v) is 4.63. The SMILES string of the molecule is COCC1(C2CC2)CN(C(=O)c2nc(-c3ccccc3)n3c2COCC3)C1. The van der Waals surface area contributed by atoms with E-state index in [4.69, 9.17) is 14.5 Å². The number of hydrogen-bond donors (Lipinski definition) is 0. The van der Waals surface area contributed by atoms with Gasteiger partial charge in [0, 0.05) is 37.7 Å². The molecular formula is C21H25N3O3. The molecule has 1 saturated carbocycles. The first kappa shape index (κ1) is 17.0. The largest absolute Gasteiger partial charge is 0.384 e. The second kappa shape index (κ2) is 6.46. The van der Waals surface area contributed by atoms with Gasteiger partial charge in [-0.2, -0.15) is 0 Å². The molecule has 6 nitrogen and oxygen atoms in total. The molecule has 27 heavy (non-hydrogen) atoms. The summed E-state index contributed by atoms with van der Waals surface area (Å²) < 4.78 is 13.3. The van der Waals surface area contributed by atoms with Gasteiger partial charge in [-0.1, -0.05) is 30.3 Å². The van der Waals surface area contributed by atoms with Crippen LogP contribution in [-0.2, 0) is 22.6 Å². The zero-order valence-corrected chi connectivity index (χ0v) is 15.7. The number of amides is 1. The van der Waals surface area contributed by atoms with Crippen LogP contribution < -0.4 is 0 Å². The molecule has 2 fully saturated rings. The molecule has 0 radical (unpaired) electrons. The first-order valence-electron chi connectivity index (χ1n) is 9.73. The van der Waals surface area contributed by atoms with Crippen molar-refractivity contribution >= 4 is 5.91 Å². The highest BCUT2D eigenvalue weighted by molar-refractivity contribution is 5.95. The van der Waals surface area contributed by atoms with Crippen LogP contribution in [0, 0.1) is 11.3 Å². The Hall–Kier alpha value is -2.18. The fraction of sp³-hybridized carbons (Fsp3) is 0.524. The molecule has 2 aliphatic heterocycles. The van der Waals surface area contributed by atoms with Gasteiger partial charge in [0.05, 0.1) is 25.5 Å². The van der Waals surface area contributed by atoms with Crippen molar-refractivity contribution in [3.63, 3.8) is 0 Å². The van der Waals surface area contributed by atoms with Crippen LogP contribution in [0.1, 0.15) is 29.0 Å². The van der Waals surface area contributed by atoms with Crippen LogP contribution in [0.5, 0.6) is 0 Å². The Balaban J connectivity index is 1.44. The van der Waals surface area contributed by atoms with Crippen molar-refractivity contribution in [1.29, 1.82) is 0 Å². The van der Waals surface area contributed by atoms with E-state index in [0.717, 1.165) is 43.3 Å². The summed E-state index contributed by atoms with van der Waals surface area (Å²) in [5.41, 5.74) is 2.65. The molecule has 0 bridgehead atoms. The van der Waals surface area contributed by atoms with Crippen LogP contribution in [0.25, 0.3) is 11.4 Å². The Bertz CT molecular complexity index is 851. The number of fused-ring (bicyclic) bond motifs is 1. The Labute approximate surface area is 159 Å². The summed E-state index contributed by atoms with van der Waals surface area (Å²) >= 11 is 0. The van der Waals surface area contributed by atoms with E-state index in [1.807, 2.05) is 35.2 Å². The highest BCUT2D eigenvalue weighted by atomic mass is 16.5. The van der Waals surface area contributed by atoms with Gasteiger partial charge in [0.25, 0.3) is 5.91 Å². The molecule has 5 rings (SSSR count). The number of aromatic nitrogens is 2. The van der Waals surface area contributed by atoms with Crippen molar-refractivity contribution in [2.45, 2.75) is 26.0 Å². The minimum absolute atomic E-state index is 0.0267. The number of likely N-dealkylation sites (tertiary alicyclic amines) is 1. The van der Waals surface area contributed by atoms with Gasteiger partial charge in [0.15, 0.2) is 5.69 Å². The number of ether oxygens (including phenoxy) is 2. The summed E-state index contributed by atoms with van der Waals surface area (Å²) in [5, 5.41) is 0. The Morgan fingerprint density at radius 3 is 2.78 bits per heavy atom. The predicted octanol–water partition coefficient (Wildman–Crippen LogP) is 2.58. The summed E-state index contributed by atoms with van der Waals surface area (Å²) in [5.74, 6) is 1.60. The number of nitrogens with zero attached hydrogens (tertiary/aromatic N) is 3. The van der Waals surface area contributed by atoms with Gasteiger partial charge in [0.1, 0.15) is 5.82 Å². The number of methoxy groups -OCH3 is 1. The van der Waals surface area contributed by atoms with Gasteiger partial charge in [-0.25, -0.2) is 4.98 Å². The summed E-state index contributed by atoms with van der Waals surface area (Å²) in [7, 11) is 1.75. The minimum atomic E-state index is 0.0267. The Morgan fingerprint density at radius 1 is 1.30 bits per heavy atom. The number of hydrogen-bond acceptors (Lipinski definition) is 4. The van der Waals surface area contributed by atoms with Crippen molar-refractivity contribution in [1.82, 2.24) is 14.5 Å². The second-order valence-electron chi connectivity index (χ2n) is 8.03. The van der Waals surface area contributed by atoms with Gasteiger partial charge < -0.3 is 18.9 Å². The van der Waals surface area contributed by atoms with E-state index >= 15 is 0 Å². The zero-order chi connectivity index (χ0) is 18.4. The highest BCUT2D eigenvalue weighted by Crippen LogP contribution is 2.51. The fourth-order valence-electron chi connectivity index (χ4n) is 4.63. The van der Waals surface area contributed by atoms with Crippen LogP contribution in [0.4, 0.5) is 0 Å². The molecule has 1 saturated heterocycles. The number of carbonyl (C=O) groups is 1. The van der Waals surface area contributed by atoms with Crippen LogP contribution in [-0.4, -0.2) is 53.8 Å². The van der Waals surface area contributed by atoms with E-state index in [0.29, 0.717) is 24.8 Å². The quantitative estimate of drug-likeness (QED) is 0.815. The van der Waals surface area contributed by atoms with Gasteiger partial charge in [-0.05, 0) is 18.8 Å². The lowest BCUT2D eigenvalue weighted by atomic mass is 9.75. The maximum atomic E-state index is 13.2. The molecule has 142 valence electrons. The summed E-state index contributed by atoms with van der Waals surface area (Å²) in [6.45, 7) is 4.12. The van der Waals surface area contributed by atoms with E-state index in [2.05, 4.69) is 4.57 Å². The van der Waals surface area contributed by atoms with Crippen LogP contribution >= 0.6 is 0 Å². The molecule has 1 aliphatic carbocycles. The summed E-state index contributed by atoms with van der Waals surface area (Å²) in [6.07, 6.45) is 2.52. The highest BCUT2D eigenvalue weighted by Gasteiger charge is 2.54. The molecule has 0 spiro atoms. The van der Waals surface area contributed by atoms with Gasteiger partial charge in [-0.15, -0.1) is 0 Å². The molecule has 1 aromatic carbocycles. The maximum Gasteiger partial charge on any atom is 0.274 e. The molecule has 3 heterocycles. The number of benzene rings is 1. The van der Waals surface area contributed by atoms with Crippen molar-refractivity contribution in [2.24, 2.45) is 11.3 Å². The molecule has 3 aliphatic rings. The first-order chi connectivity index (χ1) is 13.2. The maximum absolute atomic E-state index is 13.2. The Morgan fingerprint density at radius 2 is 2.07 bits per heavy atom. The topological polar surface area (TPSA) is 56.6 Å². The van der Waals surface area contributed by atoms with E-state index in [1.54, 1.807) is 7.11 Å². The van der Waals surface area contributed by atoms with Gasteiger partial charge in [0.2, 0.25) is 0 Å². The summed E-state index contributed by atoms with van der Waals surface area (Å²) in [6, 6.07) is 10.1. The normalized spacial score (nSPS) is 20.9. The molecule has 1 amide bonds. The van der Waals surface area contributed by atoms with E-state index < -0.39 is 0 Å². The third-order valence-corrected chi connectivity index (χ3v) is 6.18. The first-order valence-corrected chi connectivity index (χ1v) is 9.73. The molecule has 6 heteroatoms. The molecule has 1 aromatic heterocycles. The summed E-state index contributed by atoms with van der Waals surface area (Å²) in [4.78, 5) is 19.9. The lowest BCUT2D eigenvalue weighted by Gasteiger charge is -2.50. The monoisotopic (exact) mass is 367 g/mol. The molecule has 2 aromatic rings. The standard InChI is InChI=1S/C21H25N3O3/c1-26-14-21(16-7-8-16)12-23(13-21)20(25)18-17-11-27-10-9-24(17)19(22-18)15-5-3-2-4-6-15/h2-6,16H,7-14H2,1H3. The molecule has 0 N–H and O–H groups in total. The van der Waals surface area contributed by atoms with Gasteiger partial charge >= 0.3 is 0 Å². The van der Waals surface area contributed by atoms with Crippen LogP contribution in [0.3, 0.4) is 0 Å². The third kappa shape index (κ3) is 2.78. The van der Waals surface area contributed by atoms with Crippen molar-refractivity contribution in [2.75, 3.05) is 33.4 Å². The molecular weight excluding hydrogens is 342 g/mol. The minimum Gasteiger partial charge on any atom is -0.384 e. The van der Waals surface area contributed by atoms with Crippen LogP contribution in [0.15, 0.2) is 30.3 Å². The lowest BCUT2D eigenvalue weighted by Crippen LogP contribution is -2.61. The van der Waals surface area contributed by atoms with Crippen molar-refractivity contribution in [3.8, 4) is 11.4 Å². The van der Waals surface area contributed by atoms with Crippen molar-refractivity contribution in [3.05, 3.63) is 41.7 Å². The average molecular weight is 367 g/mol. The lowest BCUT2D eigenvalue weighted by molar-refractivity contribution is -0.0540. The third-order valence-electron chi connectivity index (χ3n) is 6.18. The number of imidazole rings is 1. The van der Waals surface area contributed by atoms with E-state index in [-0.39, 0.29) is 11.3 Å². The zero-order valence-electron chi connectivity index (χ0n) is 15.7. The smallest absolute Gasteiger partial charge is 0.274 e. The number of rotatable bonds is 5. The van der Waals surface area contributed by atoms with E-state index in [9.17, 15) is 4.79 Å². The Kier molecular flexibility index (Phi) is 4.06. The molecule has 0 atom stereocenters. The number of carbonyl (C=O) groups excluding carboxylic acids is 1. The van der Waals surface area contributed by atoms with Crippen molar-refractivity contribution < 1.29 is 14.3 Å². The van der Waals surface area contributed by atoms with Crippen LogP contribution in [0.2, 0.25) is 0 Å². The average Bonchev–Trinajstić information content (AvgIpc) is 3.45. The van der Waals surface area contributed by atoms with Gasteiger partial charge in [-0.3, -0.25) is 4.79 Å². The second-order valence-corrected chi connectivity index (χ2v) is 8.03. The predicted molar refractivity (Wildman–Crippen MR) is 100 cm³/mol. The molecule has 0 unspecified atom stereocenters.